The molecule has 1 atom stereocenters. The van der Waals surface area contributed by atoms with E-state index < -0.39 is 14.6 Å². The van der Waals surface area contributed by atoms with Crippen molar-refractivity contribution in [1.82, 2.24) is 10.2 Å². The number of hydrogen-bond acceptors (Lipinski definition) is 4. The highest BCUT2D eigenvalue weighted by atomic mass is 35.5. The van der Waals surface area contributed by atoms with Gasteiger partial charge < -0.3 is 10.2 Å². The fraction of sp³-hybridized carbons (Fsp3) is 0.632. The largest absolute Gasteiger partial charge is 0.341 e. The lowest BCUT2D eigenvalue weighted by molar-refractivity contribution is -0.135. The first-order valence-electron chi connectivity index (χ1n) is 9.35. The zero-order chi connectivity index (χ0) is 18.8. The summed E-state index contributed by atoms with van der Waals surface area (Å²) < 4.78 is 25.6. The molecule has 26 heavy (non-hydrogen) atoms. The normalized spacial score (nSPS) is 23.2. The predicted molar refractivity (Wildman–Crippen MR) is 103 cm³/mol. The van der Waals surface area contributed by atoms with Gasteiger partial charge >= 0.3 is 0 Å². The highest BCUT2D eigenvalue weighted by Crippen LogP contribution is 2.42. The van der Waals surface area contributed by atoms with Crippen LogP contribution in [0.4, 0.5) is 0 Å². The summed E-state index contributed by atoms with van der Waals surface area (Å²) >= 11 is 5.91. The third-order valence-corrected chi connectivity index (χ3v) is 8.49. The number of likely N-dealkylation sites (tertiary alicyclic amines) is 1. The van der Waals surface area contributed by atoms with E-state index in [0.717, 1.165) is 32.2 Å². The van der Waals surface area contributed by atoms with Crippen molar-refractivity contribution in [2.45, 2.75) is 48.2 Å². The second kappa shape index (κ2) is 7.87. The second-order valence-electron chi connectivity index (χ2n) is 7.48. The molecule has 0 aromatic heterocycles. The van der Waals surface area contributed by atoms with E-state index in [1.165, 1.54) is 12.1 Å². The maximum absolute atomic E-state index is 13.5. The quantitative estimate of drug-likeness (QED) is 0.828. The number of sulfone groups is 1. The zero-order valence-electron chi connectivity index (χ0n) is 15.2. The van der Waals surface area contributed by atoms with E-state index in [2.05, 4.69) is 5.32 Å². The Morgan fingerprint density at radius 3 is 2.50 bits per heavy atom. The van der Waals surface area contributed by atoms with Crippen molar-refractivity contribution in [3.05, 3.63) is 29.3 Å². The summed E-state index contributed by atoms with van der Waals surface area (Å²) in [6.45, 7) is 2.13. The Bertz CT molecular complexity index is 741. The maximum atomic E-state index is 13.5. The monoisotopic (exact) mass is 398 g/mol. The molecular weight excluding hydrogens is 372 g/mol. The number of piperidine rings is 1. The molecule has 3 rings (SSSR count). The molecule has 1 amide bonds. The molecular formula is C19H27ClN2O3S. The van der Waals surface area contributed by atoms with E-state index in [0.29, 0.717) is 36.9 Å². The smallest absolute Gasteiger partial charge is 0.244 e. The summed E-state index contributed by atoms with van der Waals surface area (Å²) in [7, 11) is -1.85. The van der Waals surface area contributed by atoms with Crippen molar-refractivity contribution in [2.24, 2.45) is 5.92 Å². The Morgan fingerprint density at radius 2 is 1.88 bits per heavy atom. The summed E-state index contributed by atoms with van der Waals surface area (Å²) in [5.41, 5.74) is 0. The molecule has 1 aliphatic heterocycles. The first-order valence-corrected chi connectivity index (χ1v) is 11.2. The van der Waals surface area contributed by atoms with E-state index in [1.807, 2.05) is 7.05 Å². The van der Waals surface area contributed by atoms with Gasteiger partial charge in [0.15, 0.2) is 14.6 Å². The minimum Gasteiger partial charge on any atom is -0.341 e. The molecule has 0 radical (unpaired) electrons. The highest BCUT2D eigenvalue weighted by molar-refractivity contribution is 7.93. The number of nitrogens with one attached hydrogen (secondary N) is 1. The topological polar surface area (TPSA) is 66.5 Å². The van der Waals surface area contributed by atoms with Gasteiger partial charge in [0.2, 0.25) is 5.91 Å². The van der Waals surface area contributed by atoms with Crippen LogP contribution in [0.15, 0.2) is 29.2 Å². The van der Waals surface area contributed by atoms with E-state index in [9.17, 15) is 13.2 Å². The molecule has 1 N–H and O–H groups in total. The Kier molecular flexibility index (Phi) is 5.94. The Balaban J connectivity index is 1.92. The van der Waals surface area contributed by atoms with E-state index in [4.69, 9.17) is 11.6 Å². The van der Waals surface area contributed by atoms with Gasteiger partial charge in [-0.3, -0.25) is 4.79 Å². The predicted octanol–water partition coefficient (Wildman–Crippen LogP) is 2.88. The number of rotatable bonds is 5. The summed E-state index contributed by atoms with van der Waals surface area (Å²) in [5, 5.41) is 3.66. The number of carbonyl (C=O) groups excluding carboxylic acids is 1. The molecule has 2 fully saturated rings. The molecule has 1 unspecified atom stereocenters. The molecule has 0 spiro atoms. The lowest BCUT2D eigenvalue weighted by Gasteiger charge is -2.38. The average Bonchev–Trinajstić information content (AvgIpc) is 3.14. The zero-order valence-corrected chi connectivity index (χ0v) is 16.8. The van der Waals surface area contributed by atoms with Crippen LogP contribution in [0.2, 0.25) is 5.02 Å². The van der Waals surface area contributed by atoms with E-state index >= 15 is 0 Å². The van der Waals surface area contributed by atoms with Gasteiger partial charge in [0.1, 0.15) is 0 Å². The minimum atomic E-state index is -3.76. The van der Waals surface area contributed by atoms with Crippen LogP contribution in [0.5, 0.6) is 0 Å². The molecule has 5 nitrogen and oxygen atoms in total. The van der Waals surface area contributed by atoms with Gasteiger partial charge in [-0.1, -0.05) is 24.4 Å². The third kappa shape index (κ3) is 3.51. The number of amides is 1. The van der Waals surface area contributed by atoms with Crippen molar-refractivity contribution in [2.75, 3.05) is 26.7 Å². The van der Waals surface area contributed by atoms with Crippen LogP contribution in [0.1, 0.15) is 38.5 Å². The number of benzene rings is 1. The maximum Gasteiger partial charge on any atom is 0.244 e. The summed E-state index contributed by atoms with van der Waals surface area (Å²) in [6, 6.07) is 6.19. The van der Waals surface area contributed by atoms with Crippen molar-refractivity contribution in [3.8, 4) is 0 Å². The molecule has 0 bridgehead atoms. The molecule has 1 saturated carbocycles. The standard InChI is InChI=1S/C19H27ClN2O3S/c1-21-13-15-5-4-12-22(14-15)18(23)19(10-2-3-11-19)26(24,25)17-8-6-16(20)7-9-17/h6-9,15,21H,2-5,10-14H2,1H3. The number of carbonyl (C=O) groups is 1. The van der Waals surface area contributed by atoms with Crippen LogP contribution in [-0.4, -0.2) is 50.7 Å². The minimum absolute atomic E-state index is 0.195. The SMILES string of the molecule is CNCC1CCCN(C(=O)C2(S(=O)(=O)c3ccc(Cl)cc3)CCCC2)C1. The first kappa shape index (κ1) is 19.6. The highest BCUT2D eigenvalue weighted by Gasteiger charge is 2.54. The van der Waals surface area contributed by atoms with Gasteiger partial charge in [-0.2, -0.15) is 0 Å². The molecule has 1 aromatic rings. The van der Waals surface area contributed by atoms with Gasteiger partial charge in [0.05, 0.1) is 4.90 Å². The molecule has 1 aromatic carbocycles. The van der Waals surface area contributed by atoms with Crippen LogP contribution < -0.4 is 5.32 Å². The molecule has 2 aliphatic rings. The Labute approximate surface area is 161 Å². The third-order valence-electron chi connectivity index (χ3n) is 5.74. The summed E-state index contributed by atoms with van der Waals surface area (Å²) in [4.78, 5) is 15.5. The Hall–Kier alpha value is -1.11. The Morgan fingerprint density at radius 1 is 1.23 bits per heavy atom. The van der Waals surface area contributed by atoms with Gasteiger partial charge in [-0.25, -0.2) is 8.42 Å². The van der Waals surface area contributed by atoms with Crippen molar-refractivity contribution >= 4 is 27.3 Å². The van der Waals surface area contributed by atoms with Gasteiger partial charge in [0, 0.05) is 18.1 Å². The molecule has 1 saturated heterocycles. The lowest BCUT2D eigenvalue weighted by atomic mass is 9.95. The van der Waals surface area contributed by atoms with Crippen LogP contribution in [0, 0.1) is 5.92 Å². The van der Waals surface area contributed by atoms with Crippen molar-refractivity contribution < 1.29 is 13.2 Å². The summed E-state index contributed by atoms with van der Waals surface area (Å²) in [6.07, 6.45) is 4.35. The molecule has 1 heterocycles. The van der Waals surface area contributed by atoms with Crippen LogP contribution in [0.25, 0.3) is 0 Å². The second-order valence-corrected chi connectivity index (χ2v) is 10.2. The average molecular weight is 399 g/mol. The van der Waals surface area contributed by atoms with Crippen molar-refractivity contribution in [3.63, 3.8) is 0 Å². The van der Waals surface area contributed by atoms with E-state index in [-0.39, 0.29) is 10.8 Å². The molecule has 7 heteroatoms. The molecule has 144 valence electrons. The van der Waals surface area contributed by atoms with Crippen LogP contribution in [-0.2, 0) is 14.6 Å². The fourth-order valence-electron chi connectivity index (χ4n) is 4.38. The number of nitrogens with zero attached hydrogens (tertiary/aromatic N) is 1. The van der Waals surface area contributed by atoms with Gasteiger partial charge in [-0.05, 0) is 69.5 Å². The van der Waals surface area contributed by atoms with Gasteiger partial charge in [0.25, 0.3) is 0 Å². The van der Waals surface area contributed by atoms with Crippen molar-refractivity contribution in [1.29, 1.82) is 0 Å². The number of hydrogen-bond donors (Lipinski definition) is 1. The van der Waals surface area contributed by atoms with Gasteiger partial charge in [-0.15, -0.1) is 0 Å². The number of halogens is 1. The van der Waals surface area contributed by atoms with E-state index in [1.54, 1.807) is 17.0 Å². The fourth-order valence-corrected chi connectivity index (χ4v) is 6.63. The summed E-state index contributed by atoms with van der Waals surface area (Å²) in [5.74, 6) is 0.181. The van der Waals surface area contributed by atoms with Crippen LogP contribution >= 0.6 is 11.6 Å². The first-order chi connectivity index (χ1) is 12.4. The molecule has 1 aliphatic carbocycles. The van der Waals surface area contributed by atoms with Crippen LogP contribution in [0.3, 0.4) is 0 Å². The lowest BCUT2D eigenvalue weighted by Crippen LogP contribution is -2.55.